The predicted molar refractivity (Wildman–Crippen MR) is 75.9 cm³/mol. The molecular formula is C14H15ClFNS. The molecule has 18 heavy (non-hydrogen) atoms. The zero-order chi connectivity index (χ0) is 13.0. The van der Waals surface area contributed by atoms with Gasteiger partial charge in [0.25, 0.3) is 0 Å². The fraction of sp³-hybridized carbons (Fsp3) is 0.286. The molecule has 0 saturated carbocycles. The lowest BCUT2D eigenvalue weighted by Crippen LogP contribution is -2.23. The third kappa shape index (κ3) is 3.31. The molecule has 1 atom stereocenters. The Balaban J connectivity index is 2.26. The van der Waals surface area contributed by atoms with Crippen molar-refractivity contribution >= 4 is 22.9 Å². The van der Waals surface area contributed by atoms with Gasteiger partial charge in [0.15, 0.2) is 0 Å². The Hall–Kier alpha value is -0.900. The van der Waals surface area contributed by atoms with Gasteiger partial charge in [0, 0.05) is 16.6 Å². The molecule has 1 N–H and O–H groups in total. The summed E-state index contributed by atoms with van der Waals surface area (Å²) in [5.41, 5.74) is 1.85. The van der Waals surface area contributed by atoms with Gasteiger partial charge >= 0.3 is 0 Å². The van der Waals surface area contributed by atoms with Crippen LogP contribution in [0.25, 0.3) is 0 Å². The summed E-state index contributed by atoms with van der Waals surface area (Å²) in [4.78, 5) is 0. The van der Waals surface area contributed by atoms with E-state index < -0.39 is 0 Å². The largest absolute Gasteiger partial charge is 0.310 e. The normalized spacial score (nSPS) is 12.6. The smallest absolute Gasteiger partial charge is 0.128 e. The second kappa shape index (κ2) is 6.32. The van der Waals surface area contributed by atoms with Crippen molar-refractivity contribution in [3.63, 3.8) is 0 Å². The molecule has 0 aliphatic rings. The number of thiophene rings is 1. The minimum atomic E-state index is -0.208. The molecule has 0 aliphatic carbocycles. The van der Waals surface area contributed by atoms with Crippen molar-refractivity contribution in [3.8, 4) is 0 Å². The van der Waals surface area contributed by atoms with Gasteiger partial charge in [-0.2, -0.15) is 11.3 Å². The Kier molecular flexibility index (Phi) is 4.75. The highest BCUT2D eigenvalue weighted by Crippen LogP contribution is 2.25. The SMILES string of the molecule is CCNC(Cc1ccsc1)c1cc(Cl)ccc1F. The van der Waals surface area contributed by atoms with E-state index in [1.54, 1.807) is 23.5 Å². The highest BCUT2D eigenvalue weighted by atomic mass is 35.5. The van der Waals surface area contributed by atoms with Crippen molar-refractivity contribution in [1.29, 1.82) is 0 Å². The lowest BCUT2D eigenvalue weighted by atomic mass is 10.00. The lowest BCUT2D eigenvalue weighted by molar-refractivity contribution is 0.510. The maximum Gasteiger partial charge on any atom is 0.128 e. The van der Waals surface area contributed by atoms with Gasteiger partial charge in [-0.05, 0) is 53.6 Å². The van der Waals surface area contributed by atoms with Gasteiger partial charge in [-0.1, -0.05) is 18.5 Å². The van der Waals surface area contributed by atoms with E-state index in [-0.39, 0.29) is 11.9 Å². The summed E-state index contributed by atoms with van der Waals surface area (Å²) in [7, 11) is 0. The Bertz CT molecular complexity index is 499. The molecule has 2 aromatic rings. The molecule has 2 rings (SSSR count). The van der Waals surface area contributed by atoms with Crippen LogP contribution in [0, 0.1) is 5.82 Å². The number of halogens is 2. The van der Waals surface area contributed by atoms with E-state index in [0.717, 1.165) is 13.0 Å². The number of benzene rings is 1. The summed E-state index contributed by atoms with van der Waals surface area (Å²) in [6, 6.07) is 6.74. The van der Waals surface area contributed by atoms with Crippen molar-refractivity contribution in [3.05, 3.63) is 57.0 Å². The quantitative estimate of drug-likeness (QED) is 0.856. The molecule has 0 spiro atoms. The minimum Gasteiger partial charge on any atom is -0.310 e. The molecule has 0 radical (unpaired) electrons. The first-order chi connectivity index (χ1) is 8.70. The molecule has 0 amide bonds. The predicted octanol–water partition coefficient (Wildman–Crippen LogP) is 4.43. The standard InChI is InChI=1S/C14H15ClFNS/c1-2-17-14(7-10-5-6-18-9-10)12-8-11(15)3-4-13(12)16/h3-6,8-9,14,17H,2,7H2,1H3. The van der Waals surface area contributed by atoms with Gasteiger partial charge in [0.1, 0.15) is 5.82 Å². The Morgan fingerprint density at radius 2 is 2.22 bits per heavy atom. The molecule has 4 heteroatoms. The molecule has 1 nitrogen and oxygen atoms in total. The summed E-state index contributed by atoms with van der Waals surface area (Å²) >= 11 is 7.61. The number of rotatable bonds is 5. The number of hydrogen-bond acceptors (Lipinski definition) is 2. The maximum atomic E-state index is 13.9. The molecule has 0 fully saturated rings. The highest BCUT2D eigenvalue weighted by molar-refractivity contribution is 7.07. The van der Waals surface area contributed by atoms with E-state index in [4.69, 9.17) is 11.6 Å². The third-order valence-electron chi connectivity index (χ3n) is 2.80. The van der Waals surface area contributed by atoms with Crippen LogP contribution < -0.4 is 5.32 Å². The lowest BCUT2D eigenvalue weighted by Gasteiger charge is -2.18. The van der Waals surface area contributed by atoms with Crippen LogP contribution in [-0.2, 0) is 6.42 Å². The Labute approximate surface area is 116 Å². The molecule has 0 aliphatic heterocycles. The van der Waals surface area contributed by atoms with E-state index in [1.165, 1.54) is 11.6 Å². The van der Waals surface area contributed by atoms with E-state index in [9.17, 15) is 4.39 Å². The van der Waals surface area contributed by atoms with Crippen LogP contribution >= 0.6 is 22.9 Å². The molecule has 0 bridgehead atoms. The van der Waals surface area contributed by atoms with Gasteiger partial charge in [-0.3, -0.25) is 0 Å². The first-order valence-corrected chi connectivity index (χ1v) is 7.22. The molecule has 1 heterocycles. The second-order valence-electron chi connectivity index (χ2n) is 4.11. The summed E-state index contributed by atoms with van der Waals surface area (Å²) in [6.07, 6.45) is 0.772. The number of likely N-dealkylation sites (N-methyl/N-ethyl adjacent to an activating group) is 1. The minimum absolute atomic E-state index is 0.0386. The van der Waals surface area contributed by atoms with Gasteiger partial charge in [0.2, 0.25) is 0 Å². The van der Waals surface area contributed by atoms with Crippen LogP contribution in [0.4, 0.5) is 4.39 Å². The zero-order valence-electron chi connectivity index (χ0n) is 10.1. The van der Waals surface area contributed by atoms with Crippen molar-refractivity contribution < 1.29 is 4.39 Å². The molecule has 1 unspecified atom stereocenters. The van der Waals surface area contributed by atoms with E-state index in [1.807, 2.05) is 12.3 Å². The molecule has 96 valence electrons. The van der Waals surface area contributed by atoms with Crippen LogP contribution in [0.3, 0.4) is 0 Å². The average Bonchev–Trinajstić information content (AvgIpc) is 2.85. The first-order valence-electron chi connectivity index (χ1n) is 5.90. The first kappa shape index (κ1) is 13.5. The summed E-state index contributed by atoms with van der Waals surface area (Å²) in [6.45, 7) is 2.81. The average molecular weight is 284 g/mol. The fourth-order valence-electron chi connectivity index (χ4n) is 1.96. The van der Waals surface area contributed by atoms with Crippen molar-refractivity contribution in [1.82, 2.24) is 5.32 Å². The summed E-state index contributed by atoms with van der Waals surface area (Å²) in [5.74, 6) is -0.208. The molecular weight excluding hydrogens is 269 g/mol. The van der Waals surface area contributed by atoms with Crippen LogP contribution in [0.1, 0.15) is 24.1 Å². The second-order valence-corrected chi connectivity index (χ2v) is 5.33. The van der Waals surface area contributed by atoms with Crippen molar-refractivity contribution in [2.45, 2.75) is 19.4 Å². The fourth-order valence-corrected chi connectivity index (χ4v) is 2.83. The zero-order valence-corrected chi connectivity index (χ0v) is 11.7. The van der Waals surface area contributed by atoms with Crippen LogP contribution in [-0.4, -0.2) is 6.54 Å². The van der Waals surface area contributed by atoms with Crippen molar-refractivity contribution in [2.24, 2.45) is 0 Å². The Morgan fingerprint density at radius 1 is 1.39 bits per heavy atom. The number of nitrogens with one attached hydrogen (secondary N) is 1. The van der Waals surface area contributed by atoms with Gasteiger partial charge in [-0.25, -0.2) is 4.39 Å². The third-order valence-corrected chi connectivity index (χ3v) is 3.77. The monoisotopic (exact) mass is 283 g/mol. The maximum absolute atomic E-state index is 13.9. The summed E-state index contributed by atoms with van der Waals surface area (Å²) < 4.78 is 13.9. The van der Waals surface area contributed by atoms with Crippen LogP contribution in [0.5, 0.6) is 0 Å². The van der Waals surface area contributed by atoms with Crippen molar-refractivity contribution in [2.75, 3.05) is 6.54 Å². The van der Waals surface area contributed by atoms with E-state index in [0.29, 0.717) is 10.6 Å². The molecule has 0 saturated heterocycles. The molecule has 1 aromatic heterocycles. The van der Waals surface area contributed by atoms with Crippen LogP contribution in [0.15, 0.2) is 35.0 Å². The number of hydrogen-bond donors (Lipinski definition) is 1. The highest BCUT2D eigenvalue weighted by Gasteiger charge is 2.16. The Morgan fingerprint density at radius 3 is 2.89 bits per heavy atom. The molecule has 1 aromatic carbocycles. The summed E-state index contributed by atoms with van der Waals surface area (Å²) in [5, 5.41) is 8.00. The topological polar surface area (TPSA) is 12.0 Å². The van der Waals surface area contributed by atoms with Crippen LogP contribution in [0.2, 0.25) is 5.02 Å². The van der Waals surface area contributed by atoms with E-state index >= 15 is 0 Å². The van der Waals surface area contributed by atoms with E-state index in [2.05, 4.69) is 16.8 Å². The van der Waals surface area contributed by atoms with Gasteiger partial charge in [0.05, 0.1) is 0 Å². The van der Waals surface area contributed by atoms with Gasteiger partial charge < -0.3 is 5.32 Å². The van der Waals surface area contributed by atoms with Gasteiger partial charge in [-0.15, -0.1) is 0 Å².